The Bertz CT molecular complexity index is 442. The molecule has 1 aromatic rings. The van der Waals surface area contributed by atoms with Crippen molar-refractivity contribution in [3.8, 4) is 6.07 Å². The zero-order valence-electron chi connectivity index (χ0n) is 9.82. The van der Waals surface area contributed by atoms with Gasteiger partial charge in [-0.1, -0.05) is 23.7 Å². The van der Waals surface area contributed by atoms with Gasteiger partial charge in [-0.25, -0.2) is 0 Å². The summed E-state index contributed by atoms with van der Waals surface area (Å²) >= 11 is 5.91. The first-order valence-electron chi connectivity index (χ1n) is 5.67. The second-order valence-corrected chi connectivity index (χ2v) is 4.01. The van der Waals surface area contributed by atoms with Crippen LogP contribution < -0.4 is 0 Å². The van der Waals surface area contributed by atoms with Gasteiger partial charge in [0.05, 0.1) is 20.7 Å². The lowest BCUT2D eigenvalue weighted by Crippen LogP contribution is -2.38. The normalized spacial score (nSPS) is 21.9. The lowest BCUT2D eigenvalue weighted by Gasteiger charge is -2.30. The van der Waals surface area contributed by atoms with Gasteiger partial charge < -0.3 is 4.74 Å². The Labute approximate surface area is 102 Å². The fourth-order valence-corrected chi connectivity index (χ4v) is 1.93. The maximum absolute atomic E-state index is 9.32. The van der Waals surface area contributed by atoms with E-state index in [-0.39, 0.29) is 0 Å². The number of ether oxygens (including phenoxy) is 1. The summed E-state index contributed by atoms with van der Waals surface area (Å²) in [5.74, 6) is 0. The Balaban J connectivity index is 2.33. The topological polar surface area (TPSA) is 36.3 Å². The Morgan fingerprint density at radius 2 is 2.25 bits per heavy atom. The lowest BCUT2D eigenvalue weighted by molar-refractivity contribution is 0.0266. The molecule has 0 aliphatic carbocycles. The molecule has 1 saturated heterocycles. The minimum atomic E-state index is -1.38. The molecule has 0 amide bonds. The standard InChI is InChI=1S/C12H13ClN2O/c13-11-3-1-2-10(8-11)12(9-14)15-4-6-16-7-5-15/h1-3,8,12H,4-7H2/i12D. The predicted octanol–water partition coefficient (Wildman–Crippen LogP) is 2.24. The van der Waals surface area contributed by atoms with E-state index in [1.807, 2.05) is 4.90 Å². The predicted molar refractivity (Wildman–Crippen MR) is 62.2 cm³/mol. The summed E-state index contributed by atoms with van der Waals surface area (Å²) < 4.78 is 13.6. The van der Waals surface area contributed by atoms with Crippen molar-refractivity contribution in [2.24, 2.45) is 0 Å². The molecule has 1 aliphatic heterocycles. The summed E-state index contributed by atoms with van der Waals surface area (Å²) in [5, 5.41) is 9.86. The molecule has 0 radical (unpaired) electrons. The molecule has 1 aromatic carbocycles. The molecule has 1 fully saturated rings. The van der Waals surface area contributed by atoms with Crippen LogP contribution in [0, 0.1) is 11.3 Å². The van der Waals surface area contributed by atoms with E-state index in [1.165, 1.54) is 0 Å². The van der Waals surface area contributed by atoms with E-state index in [2.05, 4.69) is 6.07 Å². The maximum Gasteiger partial charge on any atom is 0.124 e. The first kappa shape index (κ1) is 10.1. The molecule has 3 nitrogen and oxygen atoms in total. The van der Waals surface area contributed by atoms with Gasteiger partial charge in [0.1, 0.15) is 6.02 Å². The first-order valence-corrected chi connectivity index (χ1v) is 5.55. The fraction of sp³-hybridized carbons (Fsp3) is 0.417. The molecule has 1 heterocycles. The number of benzene rings is 1. The number of halogens is 1. The number of hydrogen-bond donors (Lipinski definition) is 0. The van der Waals surface area contributed by atoms with Crippen molar-refractivity contribution in [2.75, 3.05) is 26.3 Å². The number of morpholine rings is 1. The van der Waals surface area contributed by atoms with Crippen molar-refractivity contribution in [3.05, 3.63) is 34.9 Å². The average molecular weight is 238 g/mol. The van der Waals surface area contributed by atoms with Gasteiger partial charge in [-0.15, -0.1) is 0 Å². The quantitative estimate of drug-likeness (QED) is 0.792. The van der Waals surface area contributed by atoms with Gasteiger partial charge >= 0.3 is 0 Å². The third-order valence-electron chi connectivity index (χ3n) is 2.53. The number of hydrogen-bond acceptors (Lipinski definition) is 3. The zero-order chi connectivity index (χ0) is 12.3. The molecule has 0 aromatic heterocycles. The molecular weight excluding hydrogens is 224 g/mol. The largest absolute Gasteiger partial charge is 0.379 e. The van der Waals surface area contributed by atoms with Crippen LogP contribution in [0.4, 0.5) is 0 Å². The van der Waals surface area contributed by atoms with Crippen molar-refractivity contribution in [1.29, 1.82) is 5.26 Å². The van der Waals surface area contributed by atoms with Gasteiger partial charge in [0, 0.05) is 18.1 Å². The van der Waals surface area contributed by atoms with Gasteiger partial charge in [0.15, 0.2) is 0 Å². The molecule has 84 valence electrons. The van der Waals surface area contributed by atoms with Gasteiger partial charge in [0.2, 0.25) is 0 Å². The van der Waals surface area contributed by atoms with Crippen LogP contribution in [0.2, 0.25) is 5.02 Å². The Hall–Kier alpha value is -1.08. The minimum absolute atomic E-state index is 0.544. The maximum atomic E-state index is 9.32. The number of rotatable bonds is 2. The zero-order valence-corrected chi connectivity index (χ0v) is 9.57. The van der Waals surface area contributed by atoms with Crippen molar-refractivity contribution in [3.63, 3.8) is 0 Å². The molecule has 0 bridgehead atoms. The molecule has 0 spiro atoms. The molecule has 1 aliphatic rings. The van der Waals surface area contributed by atoms with E-state index < -0.39 is 6.02 Å². The van der Waals surface area contributed by atoms with Crippen LogP contribution in [0.3, 0.4) is 0 Å². The molecule has 2 rings (SSSR count). The molecule has 1 unspecified atom stereocenters. The Morgan fingerprint density at radius 1 is 1.50 bits per heavy atom. The van der Waals surface area contributed by atoms with Gasteiger partial charge in [-0.2, -0.15) is 5.26 Å². The summed E-state index contributed by atoms with van der Waals surface area (Å²) in [6.07, 6.45) is 0. The molecule has 1 atom stereocenters. The smallest absolute Gasteiger partial charge is 0.124 e. The number of nitriles is 1. The van der Waals surface area contributed by atoms with Crippen LogP contribution in [0.5, 0.6) is 0 Å². The summed E-state index contributed by atoms with van der Waals surface area (Å²) in [6.45, 7) is 2.29. The monoisotopic (exact) mass is 237 g/mol. The van der Waals surface area contributed by atoms with Crippen molar-refractivity contribution in [1.82, 2.24) is 4.90 Å². The Kier molecular flexibility index (Phi) is 3.35. The highest BCUT2D eigenvalue weighted by Crippen LogP contribution is 2.23. The highest BCUT2D eigenvalue weighted by atomic mass is 35.5. The van der Waals surface area contributed by atoms with Crippen LogP contribution in [0.25, 0.3) is 0 Å². The van der Waals surface area contributed by atoms with E-state index in [0.29, 0.717) is 36.9 Å². The molecular formula is C12H13ClN2O. The Morgan fingerprint density at radius 3 is 2.88 bits per heavy atom. The van der Waals surface area contributed by atoms with Gasteiger partial charge in [-0.05, 0) is 17.7 Å². The minimum Gasteiger partial charge on any atom is -0.379 e. The van der Waals surface area contributed by atoms with Gasteiger partial charge in [0.25, 0.3) is 0 Å². The van der Waals surface area contributed by atoms with Crippen LogP contribution in [-0.2, 0) is 4.74 Å². The van der Waals surface area contributed by atoms with Crippen LogP contribution in [0.1, 0.15) is 13.0 Å². The van der Waals surface area contributed by atoms with Crippen molar-refractivity contribution < 1.29 is 6.11 Å². The second kappa shape index (κ2) is 5.31. The molecule has 16 heavy (non-hydrogen) atoms. The van der Waals surface area contributed by atoms with Gasteiger partial charge in [-0.3, -0.25) is 4.90 Å². The van der Waals surface area contributed by atoms with Crippen molar-refractivity contribution in [2.45, 2.75) is 6.02 Å². The third-order valence-corrected chi connectivity index (χ3v) is 2.77. The summed E-state index contributed by atoms with van der Waals surface area (Å²) in [5.41, 5.74) is 0.606. The average Bonchev–Trinajstić information content (AvgIpc) is 2.39. The van der Waals surface area contributed by atoms with E-state index >= 15 is 0 Å². The molecule has 0 N–H and O–H groups in total. The molecule has 0 saturated carbocycles. The highest BCUT2D eigenvalue weighted by molar-refractivity contribution is 6.30. The van der Waals surface area contributed by atoms with Crippen molar-refractivity contribution >= 4 is 11.6 Å². The SMILES string of the molecule is [2H]C(C#N)(c1cccc(Cl)c1)N1CCOCC1. The van der Waals surface area contributed by atoms with E-state index in [0.717, 1.165) is 0 Å². The van der Waals surface area contributed by atoms with Crippen LogP contribution in [0.15, 0.2) is 24.3 Å². The third kappa shape index (κ3) is 2.53. The van der Waals surface area contributed by atoms with E-state index in [1.54, 1.807) is 24.3 Å². The van der Waals surface area contributed by atoms with E-state index in [9.17, 15) is 5.26 Å². The summed E-state index contributed by atoms with van der Waals surface area (Å²) in [7, 11) is 0. The van der Waals surface area contributed by atoms with E-state index in [4.69, 9.17) is 17.7 Å². The summed E-state index contributed by atoms with van der Waals surface area (Å²) in [6, 6.07) is 7.63. The summed E-state index contributed by atoms with van der Waals surface area (Å²) in [4.78, 5) is 1.81. The number of nitrogens with zero attached hydrogens (tertiary/aromatic N) is 2. The van der Waals surface area contributed by atoms with Crippen LogP contribution >= 0.6 is 11.6 Å². The van der Waals surface area contributed by atoms with Crippen LogP contribution in [-0.4, -0.2) is 31.2 Å². The fourth-order valence-electron chi connectivity index (χ4n) is 1.74. The first-order chi connectivity index (χ1) is 8.16. The lowest BCUT2D eigenvalue weighted by atomic mass is 10.1. The second-order valence-electron chi connectivity index (χ2n) is 3.57. The highest BCUT2D eigenvalue weighted by Gasteiger charge is 2.22. The molecule has 4 heteroatoms.